The van der Waals surface area contributed by atoms with Crippen molar-refractivity contribution in [3.63, 3.8) is 0 Å². The Morgan fingerprint density at radius 1 is 1.00 bits per heavy atom. The zero-order valence-corrected chi connectivity index (χ0v) is 21.3. The third kappa shape index (κ3) is 4.63. The molecule has 182 valence electrons. The summed E-state index contributed by atoms with van der Waals surface area (Å²) in [5.74, 6) is -0.411. The molecule has 0 saturated carbocycles. The lowest BCUT2D eigenvalue weighted by atomic mass is 9.72. The van der Waals surface area contributed by atoms with Gasteiger partial charge in [0, 0.05) is 32.7 Å². The summed E-state index contributed by atoms with van der Waals surface area (Å²) >= 11 is 0. The molecule has 0 aromatic heterocycles. The van der Waals surface area contributed by atoms with E-state index in [0.29, 0.717) is 18.4 Å². The quantitative estimate of drug-likeness (QED) is 0.579. The average Bonchev–Trinajstić information content (AvgIpc) is 2.84. The number of hydrogen-bond acceptors (Lipinski definition) is 5. The van der Waals surface area contributed by atoms with Crippen LogP contribution in [-0.4, -0.2) is 55.7 Å². The lowest BCUT2D eigenvalue weighted by Gasteiger charge is -2.45. The zero-order valence-electron chi connectivity index (χ0n) is 20.5. The van der Waals surface area contributed by atoms with Crippen molar-refractivity contribution >= 4 is 15.7 Å². The Hall–Kier alpha value is -2.09. The molecule has 0 amide bonds. The molecule has 0 aliphatic carbocycles. The van der Waals surface area contributed by atoms with Gasteiger partial charge in [-0.25, -0.2) is 8.42 Å². The van der Waals surface area contributed by atoms with Gasteiger partial charge in [-0.3, -0.25) is 0 Å². The summed E-state index contributed by atoms with van der Waals surface area (Å²) < 4.78 is 29.4. The predicted octanol–water partition coefficient (Wildman–Crippen LogP) is 4.70. The van der Waals surface area contributed by atoms with Crippen molar-refractivity contribution in [3.8, 4) is 5.75 Å². The fourth-order valence-corrected chi connectivity index (χ4v) is 6.88. The van der Waals surface area contributed by atoms with Crippen molar-refractivity contribution in [3.05, 3.63) is 53.6 Å². The number of likely N-dealkylation sites (N-methyl/N-ethyl adjacent to an activating group) is 1. The molecule has 2 aromatic carbocycles. The molecular weight excluding hydrogens is 436 g/mol. The van der Waals surface area contributed by atoms with E-state index < -0.39 is 27.6 Å². The van der Waals surface area contributed by atoms with Gasteiger partial charge in [-0.15, -0.1) is 0 Å². The number of aliphatic hydroxyl groups excluding tert-OH is 1. The number of phenols is 1. The second-order valence-electron chi connectivity index (χ2n) is 9.41. The van der Waals surface area contributed by atoms with Gasteiger partial charge in [0.15, 0.2) is 0 Å². The van der Waals surface area contributed by atoms with Crippen LogP contribution in [0.2, 0.25) is 0 Å². The molecule has 2 N–H and O–H groups in total. The minimum Gasteiger partial charge on any atom is -0.508 e. The molecule has 7 heteroatoms. The first-order chi connectivity index (χ1) is 15.6. The highest BCUT2D eigenvalue weighted by Gasteiger charge is 2.53. The Morgan fingerprint density at radius 2 is 1.58 bits per heavy atom. The fraction of sp³-hybridized carbons (Fsp3) is 0.538. The number of rotatable bonds is 8. The minimum atomic E-state index is -3.84. The van der Waals surface area contributed by atoms with Gasteiger partial charge in [0.2, 0.25) is 10.0 Å². The molecule has 0 bridgehead atoms. The zero-order chi connectivity index (χ0) is 24.4. The van der Waals surface area contributed by atoms with E-state index in [1.54, 1.807) is 37.4 Å². The molecule has 0 fully saturated rings. The molecule has 0 spiro atoms. The standard InChI is InChI=1S/C26H38N2O4S/c1-6-8-16-26(17-9-7-2)25(30)24(19-10-13-21(29)14-11-19)22-18-20(27(3)4)12-15-23(22)33(31,32)28(26)5/h10-15,18,24-25,29-30H,6-9,16-17H2,1-5H3/t24-,25-/m1/s1. The molecule has 2 atom stereocenters. The summed E-state index contributed by atoms with van der Waals surface area (Å²) in [5.41, 5.74) is 1.34. The Kier molecular flexibility index (Phi) is 7.76. The summed E-state index contributed by atoms with van der Waals surface area (Å²) in [4.78, 5) is 2.17. The molecule has 1 heterocycles. The first kappa shape index (κ1) is 25.5. The first-order valence-corrected chi connectivity index (χ1v) is 13.3. The Bertz CT molecular complexity index is 1040. The topological polar surface area (TPSA) is 81.1 Å². The highest BCUT2D eigenvalue weighted by Crippen LogP contribution is 2.48. The summed E-state index contributed by atoms with van der Waals surface area (Å²) in [7, 11) is 1.62. The normalized spacial score (nSPS) is 21.9. The van der Waals surface area contributed by atoms with Crippen LogP contribution in [0.1, 0.15) is 69.4 Å². The van der Waals surface area contributed by atoms with Crippen molar-refractivity contribution in [2.45, 2.75) is 74.8 Å². The van der Waals surface area contributed by atoms with E-state index in [-0.39, 0.29) is 10.6 Å². The highest BCUT2D eigenvalue weighted by molar-refractivity contribution is 7.89. The number of phenolic OH excluding ortho intramolecular Hbond substituents is 1. The van der Waals surface area contributed by atoms with Gasteiger partial charge >= 0.3 is 0 Å². The smallest absolute Gasteiger partial charge is 0.243 e. The Morgan fingerprint density at radius 3 is 2.09 bits per heavy atom. The largest absolute Gasteiger partial charge is 0.508 e. The molecule has 2 aromatic rings. The second-order valence-corrected chi connectivity index (χ2v) is 11.4. The lowest BCUT2D eigenvalue weighted by molar-refractivity contribution is -0.00313. The van der Waals surface area contributed by atoms with E-state index in [1.807, 2.05) is 31.1 Å². The van der Waals surface area contributed by atoms with Gasteiger partial charge in [-0.1, -0.05) is 51.7 Å². The maximum Gasteiger partial charge on any atom is 0.243 e. The third-order valence-corrected chi connectivity index (χ3v) is 9.17. The minimum absolute atomic E-state index is 0.136. The van der Waals surface area contributed by atoms with Crippen molar-refractivity contribution < 1.29 is 18.6 Å². The van der Waals surface area contributed by atoms with Crippen LogP contribution in [-0.2, 0) is 10.0 Å². The number of sulfonamides is 1. The highest BCUT2D eigenvalue weighted by atomic mass is 32.2. The lowest BCUT2D eigenvalue weighted by Crippen LogP contribution is -2.57. The van der Waals surface area contributed by atoms with Crippen molar-refractivity contribution in [2.75, 3.05) is 26.0 Å². The van der Waals surface area contributed by atoms with Crippen molar-refractivity contribution in [1.82, 2.24) is 4.31 Å². The molecule has 0 radical (unpaired) electrons. The number of aliphatic hydroxyl groups is 1. The van der Waals surface area contributed by atoms with Crippen LogP contribution in [0, 0.1) is 0 Å². The van der Waals surface area contributed by atoms with Crippen LogP contribution in [0.25, 0.3) is 0 Å². The SMILES string of the molecule is CCCCC1(CCCC)[C@H](O)[C@H](c2ccc(O)cc2)c2cc(N(C)C)ccc2S(=O)(=O)N1C. The van der Waals surface area contributed by atoms with Gasteiger partial charge in [0.1, 0.15) is 5.75 Å². The molecule has 1 aliphatic rings. The van der Waals surface area contributed by atoms with Gasteiger partial charge in [0.05, 0.1) is 16.5 Å². The van der Waals surface area contributed by atoms with Crippen LogP contribution in [0.3, 0.4) is 0 Å². The predicted molar refractivity (Wildman–Crippen MR) is 133 cm³/mol. The number of benzene rings is 2. The van der Waals surface area contributed by atoms with E-state index in [0.717, 1.165) is 36.9 Å². The molecule has 1 aliphatic heterocycles. The van der Waals surface area contributed by atoms with Gasteiger partial charge in [0.25, 0.3) is 0 Å². The maximum atomic E-state index is 14.0. The maximum absolute atomic E-state index is 14.0. The third-order valence-electron chi connectivity index (χ3n) is 7.16. The van der Waals surface area contributed by atoms with Crippen LogP contribution < -0.4 is 4.90 Å². The monoisotopic (exact) mass is 474 g/mol. The molecule has 3 rings (SSSR count). The van der Waals surface area contributed by atoms with Gasteiger partial charge in [-0.2, -0.15) is 4.31 Å². The summed E-state index contributed by atoms with van der Waals surface area (Å²) in [6, 6.07) is 12.1. The number of fused-ring (bicyclic) bond motifs is 1. The fourth-order valence-electron chi connectivity index (χ4n) is 5.09. The molecule has 0 unspecified atom stereocenters. The summed E-state index contributed by atoms with van der Waals surface area (Å²) in [6.07, 6.45) is 3.70. The van der Waals surface area contributed by atoms with Crippen LogP contribution in [0.5, 0.6) is 5.75 Å². The van der Waals surface area contributed by atoms with Crippen LogP contribution in [0.15, 0.2) is 47.4 Å². The number of nitrogens with zero attached hydrogens (tertiary/aromatic N) is 2. The van der Waals surface area contributed by atoms with E-state index in [9.17, 15) is 18.6 Å². The van der Waals surface area contributed by atoms with E-state index in [4.69, 9.17) is 0 Å². The van der Waals surface area contributed by atoms with Gasteiger partial charge in [-0.05, 0) is 54.3 Å². The van der Waals surface area contributed by atoms with E-state index in [1.165, 1.54) is 4.31 Å². The number of anilines is 1. The molecular formula is C26H38N2O4S. The van der Waals surface area contributed by atoms with Crippen LogP contribution in [0.4, 0.5) is 5.69 Å². The molecule has 0 saturated heterocycles. The Balaban J connectivity index is 2.36. The van der Waals surface area contributed by atoms with E-state index >= 15 is 0 Å². The first-order valence-electron chi connectivity index (χ1n) is 11.9. The van der Waals surface area contributed by atoms with Gasteiger partial charge < -0.3 is 15.1 Å². The summed E-state index contributed by atoms with van der Waals surface area (Å²) in [5, 5.41) is 22.0. The number of unbranched alkanes of at least 4 members (excludes halogenated alkanes) is 2. The van der Waals surface area contributed by atoms with Crippen LogP contribution >= 0.6 is 0 Å². The van der Waals surface area contributed by atoms with Crippen molar-refractivity contribution in [2.24, 2.45) is 0 Å². The molecule has 6 nitrogen and oxygen atoms in total. The average molecular weight is 475 g/mol. The second kappa shape index (κ2) is 10.0. The van der Waals surface area contributed by atoms with E-state index in [2.05, 4.69) is 13.8 Å². The molecule has 33 heavy (non-hydrogen) atoms. The van der Waals surface area contributed by atoms with Crippen molar-refractivity contribution in [1.29, 1.82) is 0 Å². The Labute approximate surface area is 198 Å². The number of hydrogen-bond donors (Lipinski definition) is 2. The number of aromatic hydroxyl groups is 1. The summed E-state index contributed by atoms with van der Waals surface area (Å²) in [6.45, 7) is 4.17.